The fraction of sp³-hybridized carbons (Fsp3) is 0.654. The second kappa shape index (κ2) is 9.66. The van der Waals surface area contributed by atoms with Gasteiger partial charge in [0, 0.05) is 56.4 Å². The van der Waals surface area contributed by atoms with E-state index in [1.807, 2.05) is 17.0 Å². The molecule has 4 atom stereocenters. The molecule has 8 nitrogen and oxygen atoms in total. The van der Waals surface area contributed by atoms with E-state index in [0.29, 0.717) is 19.6 Å². The van der Waals surface area contributed by atoms with Crippen LogP contribution in [0.5, 0.6) is 0 Å². The predicted molar refractivity (Wildman–Crippen MR) is 127 cm³/mol. The van der Waals surface area contributed by atoms with Crippen molar-refractivity contribution in [3.05, 3.63) is 39.8 Å². The Morgan fingerprint density at radius 2 is 1.91 bits per heavy atom. The molecule has 1 aromatic heterocycles. The summed E-state index contributed by atoms with van der Waals surface area (Å²) in [5, 5.41) is 10.4. The highest BCUT2D eigenvalue weighted by atomic mass is 16.5. The van der Waals surface area contributed by atoms with Crippen LogP contribution in [-0.4, -0.2) is 70.7 Å². The summed E-state index contributed by atoms with van der Waals surface area (Å²) in [6, 6.07) is 2.69. The normalized spacial score (nSPS) is 28.5. The third kappa shape index (κ3) is 3.81. The third-order valence-electron chi connectivity index (χ3n) is 8.19. The number of aromatic nitrogens is 1. The van der Waals surface area contributed by atoms with Crippen LogP contribution in [0.2, 0.25) is 0 Å². The Morgan fingerprint density at radius 3 is 2.59 bits per heavy atom. The lowest BCUT2D eigenvalue weighted by Gasteiger charge is -2.36. The Morgan fingerprint density at radius 1 is 1.12 bits per heavy atom. The van der Waals surface area contributed by atoms with Crippen LogP contribution >= 0.6 is 0 Å². The summed E-state index contributed by atoms with van der Waals surface area (Å²) >= 11 is 0. The summed E-state index contributed by atoms with van der Waals surface area (Å²) < 4.78 is 6.94. The number of carbonyl (C=O) groups is 2. The standard InChI is InChI=1S/C26H35N3O5/c1-34-16-22(31)29-23-19(20(15-30)24(29)26(33)27-12-6-3-7-13-27)14-28-21(23)11-10-18(25(28)32)17-8-4-2-5-9-17/h8,10-11,19-20,23-24,30H,2-7,9,12-16H2,1H3/t19-,20-,23+,24-/m1/s1. The molecule has 2 saturated heterocycles. The number of likely N-dealkylation sites (tertiary alicyclic amines) is 2. The molecule has 4 heterocycles. The van der Waals surface area contributed by atoms with Crippen molar-refractivity contribution in [2.45, 2.75) is 63.6 Å². The zero-order valence-corrected chi connectivity index (χ0v) is 19.9. The van der Waals surface area contributed by atoms with Crippen LogP contribution in [0.1, 0.15) is 62.2 Å². The third-order valence-corrected chi connectivity index (χ3v) is 8.19. The molecule has 3 aliphatic heterocycles. The topological polar surface area (TPSA) is 92.1 Å². The van der Waals surface area contributed by atoms with Crippen molar-refractivity contribution in [3.8, 4) is 0 Å². The second-order valence-corrected chi connectivity index (χ2v) is 10.1. The Kier molecular flexibility index (Phi) is 6.62. The largest absolute Gasteiger partial charge is 0.396 e. The number of ether oxygens (including phenoxy) is 1. The number of pyridine rings is 1. The minimum absolute atomic E-state index is 0.0326. The number of aliphatic hydroxyl groups is 1. The summed E-state index contributed by atoms with van der Waals surface area (Å²) in [6.07, 6.45) is 9.33. The highest BCUT2D eigenvalue weighted by molar-refractivity contribution is 5.90. The maximum Gasteiger partial charge on any atom is 0.258 e. The molecule has 2 amide bonds. The highest BCUT2D eigenvalue weighted by Crippen LogP contribution is 2.49. The van der Waals surface area contributed by atoms with Gasteiger partial charge in [-0.3, -0.25) is 14.4 Å². The van der Waals surface area contributed by atoms with E-state index in [1.54, 1.807) is 9.47 Å². The number of hydrogen-bond donors (Lipinski definition) is 1. The van der Waals surface area contributed by atoms with Gasteiger partial charge in [0.15, 0.2) is 0 Å². The van der Waals surface area contributed by atoms with Crippen LogP contribution in [0.25, 0.3) is 5.57 Å². The number of hydrogen-bond acceptors (Lipinski definition) is 5. The zero-order chi connectivity index (χ0) is 23.8. The van der Waals surface area contributed by atoms with Gasteiger partial charge in [0.2, 0.25) is 11.8 Å². The molecule has 1 N–H and O–H groups in total. The van der Waals surface area contributed by atoms with E-state index in [0.717, 1.165) is 61.8 Å². The van der Waals surface area contributed by atoms with Gasteiger partial charge < -0.3 is 24.2 Å². The van der Waals surface area contributed by atoms with Crippen molar-refractivity contribution in [1.29, 1.82) is 0 Å². The van der Waals surface area contributed by atoms with Crippen LogP contribution in [0, 0.1) is 11.8 Å². The molecule has 5 rings (SSSR count). The minimum atomic E-state index is -0.731. The molecule has 0 bridgehead atoms. The predicted octanol–water partition coefficient (Wildman–Crippen LogP) is 1.95. The molecule has 0 radical (unpaired) electrons. The van der Waals surface area contributed by atoms with Gasteiger partial charge in [-0.05, 0) is 62.7 Å². The van der Waals surface area contributed by atoms with Crippen LogP contribution in [0.4, 0.5) is 0 Å². The Balaban J connectivity index is 1.54. The first-order chi connectivity index (χ1) is 16.6. The fourth-order valence-corrected chi connectivity index (χ4v) is 6.58. The number of methoxy groups -OCH3 is 1. The monoisotopic (exact) mass is 469 g/mol. The fourth-order valence-electron chi connectivity index (χ4n) is 6.58. The van der Waals surface area contributed by atoms with Gasteiger partial charge in [-0.15, -0.1) is 0 Å². The molecule has 8 heteroatoms. The Labute approximate surface area is 200 Å². The number of amides is 2. The first-order valence-corrected chi connectivity index (χ1v) is 12.7. The molecule has 4 aliphatic rings. The van der Waals surface area contributed by atoms with Crippen LogP contribution in [0.15, 0.2) is 23.0 Å². The number of piperidine rings is 1. The molecule has 0 spiro atoms. The number of rotatable bonds is 5. The average Bonchev–Trinajstić information content (AvgIpc) is 3.40. The lowest BCUT2D eigenvalue weighted by molar-refractivity contribution is -0.149. The lowest BCUT2D eigenvalue weighted by atomic mass is 9.88. The second-order valence-electron chi connectivity index (χ2n) is 10.1. The van der Waals surface area contributed by atoms with E-state index < -0.39 is 18.0 Å². The van der Waals surface area contributed by atoms with Gasteiger partial charge in [-0.25, -0.2) is 0 Å². The van der Waals surface area contributed by atoms with Crippen molar-refractivity contribution in [3.63, 3.8) is 0 Å². The van der Waals surface area contributed by atoms with Crippen molar-refractivity contribution in [2.75, 3.05) is 33.4 Å². The van der Waals surface area contributed by atoms with Gasteiger partial charge in [-0.1, -0.05) is 6.08 Å². The van der Waals surface area contributed by atoms with Crippen LogP contribution in [-0.2, 0) is 20.9 Å². The summed E-state index contributed by atoms with van der Waals surface area (Å²) in [5.74, 6) is -0.969. The summed E-state index contributed by atoms with van der Waals surface area (Å²) in [4.78, 5) is 44.0. The smallest absolute Gasteiger partial charge is 0.258 e. The van der Waals surface area contributed by atoms with Gasteiger partial charge in [-0.2, -0.15) is 0 Å². The quantitative estimate of drug-likeness (QED) is 0.712. The van der Waals surface area contributed by atoms with Crippen molar-refractivity contribution in [1.82, 2.24) is 14.4 Å². The number of allylic oxidation sites excluding steroid dienone is 2. The van der Waals surface area contributed by atoms with Crippen molar-refractivity contribution < 1.29 is 19.4 Å². The number of fused-ring (bicyclic) bond motifs is 3. The van der Waals surface area contributed by atoms with E-state index in [-0.39, 0.29) is 36.5 Å². The molecule has 0 unspecified atom stereocenters. The molecular formula is C26H35N3O5. The number of carbonyl (C=O) groups excluding carboxylic acids is 2. The molecule has 0 saturated carbocycles. The maximum absolute atomic E-state index is 13.7. The van der Waals surface area contributed by atoms with E-state index in [1.165, 1.54) is 7.11 Å². The molecule has 34 heavy (non-hydrogen) atoms. The van der Waals surface area contributed by atoms with Gasteiger partial charge >= 0.3 is 0 Å². The first kappa shape index (κ1) is 23.3. The number of nitrogens with zero attached hydrogens (tertiary/aromatic N) is 3. The molecule has 2 fully saturated rings. The minimum Gasteiger partial charge on any atom is -0.396 e. The summed E-state index contributed by atoms with van der Waals surface area (Å²) in [7, 11) is 1.47. The maximum atomic E-state index is 13.7. The summed E-state index contributed by atoms with van der Waals surface area (Å²) in [6.45, 7) is 1.43. The SMILES string of the molecule is COCC(=O)N1[C@@H]2c3ccc(C4=CCCCC4)c(=O)n3C[C@@H]2[C@@H](CO)[C@@H]1C(=O)N1CCCCC1. The van der Waals surface area contributed by atoms with Crippen LogP contribution < -0.4 is 5.56 Å². The van der Waals surface area contributed by atoms with Crippen LogP contribution in [0.3, 0.4) is 0 Å². The molecule has 0 aromatic carbocycles. The Hall–Kier alpha value is -2.45. The van der Waals surface area contributed by atoms with E-state index in [9.17, 15) is 19.5 Å². The van der Waals surface area contributed by atoms with Gasteiger partial charge in [0.25, 0.3) is 5.56 Å². The zero-order valence-electron chi connectivity index (χ0n) is 19.9. The van der Waals surface area contributed by atoms with Crippen molar-refractivity contribution in [2.24, 2.45) is 11.8 Å². The van der Waals surface area contributed by atoms with E-state index in [2.05, 4.69) is 6.08 Å². The molecular weight excluding hydrogens is 434 g/mol. The lowest BCUT2D eigenvalue weighted by Crippen LogP contribution is -2.53. The molecule has 1 aliphatic carbocycles. The first-order valence-electron chi connectivity index (χ1n) is 12.7. The van der Waals surface area contributed by atoms with E-state index in [4.69, 9.17) is 4.74 Å². The van der Waals surface area contributed by atoms with Crippen molar-refractivity contribution >= 4 is 17.4 Å². The van der Waals surface area contributed by atoms with Gasteiger partial charge in [0.05, 0.1) is 6.04 Å². The Bertz CT molecular complexity index is 1040. The van der Waals surface area contributed by atoms with E-state index >= 15 is 0 Å². The molecule has 1 aromatic rings. The van der Waals surface area contributed by atoms with Gasteiger partial charge in [0.1, 0.15) is 12.6 Å². The molecule has 184 valence electrons. The summed E-state index contributed by atoms with van der Waals surface area (Å²) in [5.41, 5.74) is 2.56. The number of aliphatic hydroxyl groups excluding tert-OH is 1. The average molecular weight is 470 g/mol. The highest BCUT2D eigenvalue weighted by Gasteiger charge is 2.57.